The minimum atomic E-state index is -4.44. The number of likely N-dealkylation sites (tertiary alicyclic amines) is 1. The van der Waals surface area contributed by atoms with Gasteiger partial charge < -0.3 is 21.3 Å². The first-order valence-electron chi connectivity index (χ1n) is 10.1. The lowest BCUT2D eigenvalue weighted by molar-refractivity contribution is -0.138. The van der Waals surface area contributed by atoms with Crippen LogP contribution in [0.25, 0.3) is 0 Å². The van der Waals surface area contributed by atoms with E-state index in [1.54, 1.807) is 4.90 Å². The fourth-order valence-corrected chi connectivity index (χ4v) is 3.63. The zero-order valence-electron chi connectivity index (χ0n) is 16.7. The van der Waals surface area contributed by atoms with Crippen molar-refractivity contribution in [3.8, 4) is 0 Å². The molecule has 1 heterocycles. The Morgan fingerprint density at radius 3 is 2.37 bits per heavy atom. The molecule has 8 heteroatoms. The number of halogens is 3. The van der Waals surface area contributed by atoms with Gasteiger partial charge in [0.2, 0.25) is 0 Å². The van der Waals surface area contributed by atoms with E-state index in [1.165, 1.54) is 23.8 Å². The Labute approximate surface area is 174 Å². The highest BCUT2D eigenvalue weighted by Crippen LogP contribution is 2.31. The second-order valence-corrected chi connectivity index (χ2v) is 7.45. The molecule has 0 bridgehead atoms. The van der Waals surface area contributed by atoms with E-state index in [0.717, 1.165) is 31.0 Å². The van der Waals surface area contributed by atoms with Gasteiger partial charge in [0.25, 0.3) is 0 Å². The fourth-order valence-electron chi connectivity index (χ4n) is 3.63. The van der Waals surface area contributed by atoms with Gasteiger partial charge in [-0.1, -0.05) is 30.3 Å². The Morgan fingerprint density at radius 1 is 1.07 bits per heavy atom. The normalized spacial score (nSPS) is 15.1. The van der Waals surface area contributed by atoms with Crippen LogP contribution >= 0.6 is 0 Å². The van der Waals surface area contributed by atoms with Crippen molar-refractivity contribution in [2.24, 2.45) is 5.73 Å². The minimum absolute atomic E-state index is 0.0629. The molecule has 1 saturated heterocycles. The van der Waals surface area contributed by atoms with E-state index in [0.29, 0.717) is 19.6 Å². The number of nitrogens with one attached hydrogen (secondary N) is 2. The molecule has 1 fully saturated rings. The molecule has 30 heavy (non-hydrogen) atoms. The number of urea groups is 1. The number of amides is 2. The minimum Gasteiger partial charge on any atom is -0.382 e. The molecule has 2 aromatic carbocycles. The summed E-state index contributed by atoms with van der Waals surface area (Å²) in [6.07, 6.45) is -2.04. The van der Waals surface area contributed by atoms with Gasteiger partial charge in [0.1, 0.15) is 0 Å². The lowest BCUT2D eigenvalue weighted by atomic mass is 10.0. The van der Waals surface area contributed by atoms with Crippen molar-refractivity contribution in [2.75, 3.05) is 25.0 Å². The van der Waals surface area contributed by atoms with Crippen LogP contribution in [0.1, 0.15) is 29.5 Å². The number of rotatable bonds is 6. The Bertz CT molecular complexity index is 831. The topological polar surface area (TPSA) is 70.4 Å². The number of nitrogens with zero attached hydrogens (tertiary/aromatic N) is 1. The Balaban J connectivity index is 1.46. The highest BCUT2D eigenvalue weighted by atomic mass is 19.4. The third-order valence-corrected chi connectivity index (χ3v) is 5.29. The Morgan fingerprint density at radius 2 is 1.73 bits per heavy atom. The van der Waals surface area contributed by atoms with Crippen molar-refractivity contribution in [1.82, 2.24) is 10.2 Å². The van der Waals surface area contributed by atoms with Crippen LogP contribution in [-0.2, 0) is 19.1 Å². The van der Waals surface area contributed by atoms with Crippen molar-refractivity contribution in [3.63, 3.8) is 0 Å². The quantitative estimate of drug-likeness (QED) is 0.662. The first-order valence-corrected chi connectivity index (χ1v) is 10.1. The van der Waals surface area contributed by atoms with Crippen LogP contribution in [0.15, 0.2) is 48.5 Å². The Hall–Kier alpha value is -2.74. The summed E-state index contributed by atoms with van der Waals surface area (Å²) in [5.74, 6) is 0. The summed E-state index contributed by atoms with van der Waals surface area (Å²) in [4.78, 5) is 14.1. The average Bonchev–Trinajstić information content (AvgIpc) is 2.74. The van der Waals surface area contributed by atoms with Gasteiger partial charge in [0.05, 0.1) is 5.56 Å². The lowest BCUT2D eigenvalue weighted by Crippen LogP contribution is -2.46. The van der Waals surface area contributed by atoms with Gasteiger partial charge in [0.15, 0.2) is 0 Å². The number of piperidine rings is 1. The van der Waals surface area contributed by atoms with Gasteiger partial charge >= 0.3 is 12.2 Å². The Kier molecular flexibility index (Phi) is 7.20. The number of hydrogen-bond acceptors (Lipinski definition) is 3. The molecule has 0 radical (unpaired) electrons. The molecule has 1 aliphatic rings. The van der Waals surface area contributed by atoms with Crippen LogP contribution in [0.4, 0.5) is 23.7 Å². The molecule has 162 valence electrons. The molecule has 0 unspecified atom stereocenters. The largest absolute Gasteiger partial charge is 0.416 e. The number of carbonyl (C=O) groups excluding carboxylic acids is 1. The highest BCUT2D eigenvalue weighted by molar-refractivity contribution is 5.74. The van der Waals surface area contributed by atoms with Crippen LogP contribution in [0.5, 0.6) is 0 Å². The van der Waals surface area contributed by atoms with Crippen LogP contribution in [0, 0.1) is 0 Å². The maximum Gasteiger partial charge on any atom is 0.416 e. The summed E-state index contributed by atoms with van der Waals surface area (Å²) >= 11 is 0. The van der Waals surface area contributed by atoms with Gasteiger partial charge in [-0.05, 0) is 55.1 Å². The van der Waals surface area contributed by atoms with E-state index in [2.05, 4.69) is 22.8 Å². The average molecular weight is 420 g/mol. The van der Waals surface area contributed by atoms with Gasteiger partial charge in [-0.25, -0.2) is 4.79 Å². The van der Waals surface area contributed by atoms with E-state index in [-0.39, 0.29) is 24.2 Å². The SMILES string of the molecule is NCCc1ccc(NC2CCN(C(=O)NCc3ccccc3C(F)(F)F)CC2)cc1. The zero-order chi connectivity index (χ0) is 21.6. The molecular weight excluding hydrogens is 393 g/mol. The van der Waals surface area contributed by atoms with E-state index < -0.39 is 11.7 Å². The van der Waals surface area contributed by atoms with Gasteiger partial charge in [-0.2, -0.15) is 13.2 Å². The summed E-state index contributed by atoms with van der Waals surface area (Å²) in [6.45, 7) is 1.57. The number of nitrogens with two attached hydrogens (primary N) is 1. The fraction of sp³-hybridized carbons (Fsp3) is 0.409. The predicted molar refractivity (Wildman–Crippen MR) is 111 cm³/mol. The molecule has 0 aromatic heterocycles. The summed E-state index contributed by atoms with van der Waals surface area (Å²) in [7, 11) is 0. The summed E-state index contributed by atoms with van der Waals surface area (Å²) < 4.78 is 39.2. The van der Waals surface area contributed by atoms with Crippen molar-refractivity contribution in [1.29, 1.82) is 0 Å². The number of alkyl halides is 3. The second kappa shape index (κ2) is 9.84. The number of hydrogen-bond donors (Lipinski definition) is 3. The molecule has 2 amide bonds. The lowest BCUT2D eigenvalue weighted by Gasteiger charge is -2.33. The van der Waals surface area contributed by atoms with E-state index >= 15 is 0 Å². The molecule has 0 aliphatic carbocycles. The molecule has 5 nitrogen and oxygen atoms in total. The molecule has 0 atom stereocenters. The third kappa shape index (κ3) is 5.89. The van der Waals surface area contributed by atoms with Crippen molar-refractivity contribution in [3.05, 3.63) is 65.2 Å². The second-order valence-electron chi connectivity index (χ2n) is 7.45. The monoisotopic (exact) mass is 420 g/mol. The number of carbonyl (C=O) groups is 1. The molecule has 2 aromatic rings. The van der Waals surface area contributed by atoms with E-state index in [4.69, 9.17) is 5.73 Å². The van der Waals surface area contributed by atoms with E-state index in [9.17, 15) is 18.0 Å². The molecular formula is C22H27F3N4O. The maximum absolute atomic E-state index is 13.1. The molecule has 1 aliphatic heterocycles. The first-order chi connectivity index (χ1) is 14.4. The molecule has 0 spiro atoms. The molecule has 4 N–H and O–H groups in total. The summed E-state index contributed by atoms with van der Waals surface area (Å²) in [5, 5.41) is 6.10. The smallest absolute Gasteiger partial charge is 0.382 e. The predicted octanol–water partition coefficient (Wildman–Crippen LogP) is 3.99. The zero-order valence-corrected chi connectivity index (χ0v) is 16.7. The van der Waals surface area contributed by atoms with E-state index in [1.807, 2.05) is 12.1 Å². The number of anilines is 1. The van der Waals surface area contributed by atoms with Crippen molar-refractivity contribution in [2.45, 2.75) is 38.0 Å². The van der Waals surface area contributed by atoms with Gasteiger partial charge in [-0.3, -0.25) is 0 Å². The maximum atomic E-state index is 13.1. The van der Waals surface area contributed by atoms with Crippen LogP contribution in [0.3, 0.4) is 0 Å². The van der Waals surface area contributed by atoms with Crippen LogP contribution in [0.2, 0.25) is 0 Å². The molecule has 3 rings (SSSR count). The third-order valence-electron chi connectivity index (χ3n) is 5.29. The van der Waals surface area contributed by atoms with Crippen molar-refractivity contribution < 1.29 is 18.0 Å². The van der Waals surface area contributed by atoms with Crippen LogP contribution < -0.4 is 16.4 Å². The van der Waals surface area contributed by atoms with Crippen LogP contribution in [-0.4, -0.2) is 36.6 Å². The first kappa shape index (κ1) is 22.0. The van der Waals surface area contributed by atoms with Gasteiger partial charge in [-0.15, -0.1) is 0 Å². The standard InChI is InChI=1S/C22H27F3N4O/c23-22(24,25)20-4-2-1-3-17(20)15-27-21(30)29-13-10-19(11-14-29)28-18-7-5-16(6-8-18)9-12-26/h1-8,19,28H,9-15,26H2,(H,27,30). The highest BCUT2D eigenvalue weighted by Gasteiger charge is 2.33. The summed E-state index contributed by atoms with van der Waals surface area (Å²) in [6, 6.07) is 13.4. The van der Waals surface area contributed by atoms with Crippen molar-refractivity contribution >= 4 is 11.7 Å². The van der Waals surface area contributed by atoms with Gasteiger partial charge in [0, 0.05) is 31.4 Å². The summed E-state index contributed by atoms with van der Waals surface area (Å²) in [5.41, 5.74) is 7.14. The number of benzene rings is 2. The molecule has 0 saturated carbocycles.